The molecule has 10 heteroatoms. The number of fused-ring (bicyclic) bond motifs is 2. The highest BCUT2D eigenvalue weighted by atomic mass is 19.1. The maximum absolute atomic E-state index is 15.2. The summed E-state index contributed by atoms with van der Waals surface area (Å²) in [6.45, 7) is 10.3. The number of carbonyl (C=O) groups is 1. The molecule has 0 amide bonds. The highest BCUT2D eigenvalue weighted by molar-refractivity contribution is 5.93. The van der Waals surface area contributed by atoms with Gasteiger partial charge in [0.05, 0.1) is 23.5 Å². The van der Waals surface area contributed by atoms with Gasteiger partial charge in [0.1, 0.15) is 17.1 Å². The molecule has 1 N–H and O–H groups in total. The molecular formula is C29H35FN4O5. The van der Waals surface area contributed by atoms with Crippen LogP contribution in [0.25, 0.3) is 10.9 Å². The van der Waals surface area contributed by atoms with Crippen LogP contribution in [0.1, 0.15) is 60.3 Å². The first-order chi connectivity index (χ1) is 18.8. The molecule has 5 rings (SSSR count). The lowest BCUT2D eigenvalue weighted by atomic mass is 10.1. The van der Waals surface area contributed by atoms with Gasteiger partial charge in [-0.1, -0.05) is 13.3 Å². The molecule has 0 radical (unpaired) electrons. The van der Waals surface area contributed by atoms with Crippen molar-refractivity contribution in [2.24, 2.45) is 0 Å². The van der Waals surface area contributed by atoms with E-state index in [2.05, 4.69) is 16.8 Å². The topological polar surface area (TPSA) is 97.1 Å². The molecule has 4 heterocycles. The average molecular weight is 539 g/mol. The number of anilines is 1. The van der Waals surface area contributed by atoms with Gasteiger partial charge in [0.25, 0.3) is 0 Å². The van der Waals surface area contributed by atoms with Gasteiger partial charge in [-0.2, -0.15) is 0 Å². The minimum absolute atomic E-state index is 0.0784. The van der Waals surface area contributed by atoms with Gasteiger partial charge in [0.15, 0.2) is 6.29 Å². The first-order valence-corrected chi connectivity index (χ1v) is 13.6. The van der Waals surface area contributed by atoms with Gasteiger partial charge in [-0.25, -0.2) is 9.18 Å². The van der Waals surface area contributed by atoms with E-state index in [4.69, 9.17) is 9.47 Å². The largest absolute Gasteiger partial charge is 0.477 e. The quantitative estimate of drug-likeness (QED) is 0.453. The Morgan fingerprint density at radius 1 is 1.21 bits per heavy atom. The zero-order chi connectivity index (χ0) is 27.7. The van der Waals surface area contributed by atoms with Crippen molar-refractivity contribution in [3.63, 3.8) is 0 Å². The summed E-state index contributed by atoms with van der Waals surface area (Å²) in [5.74, 6) is -1.00. The number of piperazine rings is 1. The minimum Gasteiger partial charge on any atom is -0.477 e. The van der Waals surface area contributed by atoms with E-state index >= 15 is 4.39 Å². The van der Waals surface area contributed by atoms with Gasteiger partial charge in [-0.05, 0) is 38.0 Å². The van der Waals surface area contributed by atoms with Crippen LogP contribution in [0.5, 0.6) is 5.75 Å². The fourth-order valence-electron chi connectivity index (χ4n) is 5.42. The van der Waals surface area contributed by atoms with Crippen LogP contribution >= 0.6 is 0 Å². The van der Waals surface area contributed by atoms with E-state index in [9.17, 15) is 14.7 Å². The molecule has 2 aliphatic rings. The Morgan fingerprint density at radius 2 is 1.97 bits per heavy atom. The summed E-state index contributed by atoms with van der Waals surface area (Å²) in [5, 5.41) is 9.47. The zero-order valence-corrected chi connectivity index (χ0v) is 22.7. The van der Waals surface area contributed by atoms with Crippen molar-refractivity contribution in [3.05, 3.63) is 63.0 Å². The monoisotopic (exact) mass is 538 g/mol. The van der Waals surface area contributed by atoms with E-state index in [1.54, 1.807) is 10.6 Å². The van der Waals surface area contributed by atoms with Gasteiger partial charge < -0.3 is 24.0 Å². The van der Waals surface area contributed by atoms with Gasteiger partial charge in [0.2, 0.25) is 5.43 Å². The third-order valence-electron chi connectivity index (χ3n) is 7.69. The lowest BCUT2D eigenvalue weighted by Crippen LogP contribution is -2.46. The predicted octanol–water partition coefficient (Wildman–Crippen LogP) is 4.31. The fraction of sp³-hybridized carbons (Fsp3) is 0.483. The maximum atomic E-state index is 15.2. The molecular weight excluding hydrogens is 503 g/mol. The zero-order valence-electron chi connectivity index (χ0n) is 22.7. The Morgan fingerprint density at radius 3 is 2.67 bits per heavy atom. The Labute approximate surface area is 226 Å². The van der Waals surface area contributed by atoms with Crippen LogP contribution in [-0.2, 0) is 24.4 Å². The first-order valence-electron chi connectivity index (χ1n) is 13.6. The number of halogens is 1. The van der Waals surface area contributed by atoms with E-state index in [1.807, 2.05) is 24.9 Å². The maximum Gasteiger partial charge on any atom is 0.341 e. The van der Waals surface area contributed by atoms with Crippen molar-refractivity contribution in [2.45, 2.75) is 66.0 Å². The number of pyridine rings is 2. The Kier molecular flexibility index (Phi) is 7.86. The molecule has 1 saturated heterocycles. The second-order valence-corrected chi connectivity index (χ2v) is 10.2. The lowest BCUT2D eigenvalue weighted by molar-refractivity contribution is -0.113. The Bertz CT molecular complexity index is 1450. The number of benzene rings is 1. The number of hydrogen-bond acceptors (Lipinski definition) is 7. The van der Waals surface area contributed by atoms with Crippen LogP contribution in [0.2, 0.25) is 0 Å². The van der Waals surface area contributed by atoms with Crippen LogP contribution < -0.4 is 15.1 Å². The molecule has 0 bridgehead atoms. The number of carboxylic acids is 1. The van der Waals surface area contributed by atoms with E-state index in [-0.39, 0.29) is 17.2 Å². The molecule has 3 aromatic rings. The predicted molar refractivity (Wildman–Crippen MR) is 146 cm³/mol. The number of ether oxygens (including phenoxy) is 2. The number of hydrogen-bond donors (Lipinski definition) is 1. The van der Waals surface area contributed by atoms with Gasteiger partial charge in [-0.3, -0.25) is 14.7 Å². The molecule has 1 aromatic carbocycles. The van der Waals surface area contributed by atoms with E-state index < -0.39 is 17.2 Å². The average Bonchev–Trinajstić information content (AvgIpc) is 2.94. The molecule has 39 heavy (non-hydrogen) atoms. The van der Waals surface area contributed by atoms with Crippen molar-refractivity contribution in [1.82, 2.24) is 14.5 Å². The number of aromatic carboxylic acids is 1. The van der Waals surface area contributed by atoms with Crippen LogP contribution in [0.15, 0.2) is 29.3 Å². The molecule has 0 aliphatic carbocycles. The standard InChI is InChI=1S/C29H35FN4O5/c1-4-6-7-26-38-17-22-19(14-31-18(3)28(22)39-26)15-32-8-10-34(11-9-32)25-13-24-20(12-23(25)30)27(35)21(29(36)37)16-33(24)5-2/h12-14,16,26H,4-11,15,17H2,1-3H3,(H,36,37). The highest BCUT2D eigenvalue weighted by Gasteiger charge is 2.27. The van der Waals surface area contributed by atoms with Gasteiger partial charge in [0, 0.05) is 69.0 Å². The molecule has 1 fully saturated rings. The van der Waals surface area contributed by atoms with E-state index in [1.165, 1.54) is 12.3 Å². The summed E-state index contributed by atoms with van der Waals surface area (Å²) < 4.78 is 29.1. The van der Waals surface area contributed by atoms with Gasteiger partial charge >= 0.3 is 5.97 Å². The summed E-state index contributed by atoms with van der Waals surface area (Å²) in [4.78, 5) is 33.1. The van der Waals surface area contributed by atoms with Crippen molar-refractivity contribution < 1.29 is 23.8 Å². The van der Waals surface area contributed by atoms with Crippen LogP contribution in [0.3, 0.4) is 0 Å². The van der Waals surface area contributed by atoms with Crippen molar-refractivity contribution in [2.75, 3.05) is 31.1 Å². The third-order valence-corrected chi connectivity index (χ3v) is 7.69. The van der Waals surface area contributed by atoms with Crippen molar-refractivity contribution in [1.29, 1.82) is 0 Å². The number of carboxylic acid groups (broad SMARTS) is 1. The first kappa shape index (κ1) is 27.1. The summed E-state index contributed by atoms with van der Waals surface area (Å²) >= 11 is 0. The lowest BCUT2D eigenvalue weighted by Gasteiger charge is -2.37. The highest BCUT2D eigenvalue weighted by Crippen LogP contribution is 2.33. The fourth-order valence-corrected chi connectivity index (χ4v) is 5.42. The summed E-state index contributed by atoms with van der Waals surface area (Å²) in [7, 11) is 0. The molecule has 0 saturated carbocycles. The molecule has 2 aliphatic heterocycles. The Hall–Kier alpha value is -3.50. The number of unbranched alkanes of at least 4 members (excludes halogenated alkanes) is 1. The third kappa shape index (κ3) is 5.35. The number of rotatable bonds is 8. The van der Waals surface area contributed by atoms with Gasteiger partial charge in [-0.15, -0.1) is 0 Å². The second kappa shape index (κ2) is 11.3. The number of aryl methyl sites for hydroxylation is 2. The molecule has 1 unspecified atom stereocenters. The number of aromatic nitrogens is 2. The van der Waals surface area contributed by atoms with Crippen molar-refractivity contribution in [3.8, 4) is 5.75 Å². The van der Waals surface area contributed by atoms with Crippen molar-refractivity contribution >= 4 is 22.6 Å². The second-order valence-electron chi connectivity index (χ2n) is 10.2. The van der Waals surface area contributed by atoms with E-state index in [0.29, 0.717) is 44.0 Å². The van der Waals surface area contributed by atoms with Crippen LogP contribution in [0, 0.1) is 12.7 Å². The summed E-state index contributed by atoms with van der Waals surface area (Å²) in [5.41, 5.74) is 2.92. The smallest absolute Gasteiger partial charge is 0.341 e. The molecule has 1 atom stereocenters. The minimum atomic E-state index is -1.32. The molecule has 2 aromatic heterocycles. The summed E-state index contributed by atoms with van der Waals surface area (Å²) in [6, 6.07) is 2.84. The number of nitrogens with zero attached hydrogens (tertiary/aromatic N) is 4. The molecule has 0 spiro atoms. The summed E-state index contributed by atoms with van der Waals surface area (Å²) in [6.07, 6.45) is 6.01. The Balaban J connectivity index is 1.31. The molecule has 208 valence electrons. The van der Waals surface area contributed by atoms with E-state index in [0.717, 1.165) is 54.9 Å². The van der Waals surface area contributed by atoms with Crippen LogP contribution in [-0.4, -0.2) is 58.0 Å². The SMILES string of the molecule is CCCCC1OCc2c(CN3CCN(c4cc5c(cc4F)c(=O)c(C(=O)O)cn5CC)CC3)cnc(C)c2O1. The van der Waals surface area contributed by atoms with Crippen LogP contribution in [0.4, 0.5) is 10.1 Å². The normalized spacial score (nSPS) is 17.7. The molecule has 9 nitrogen and oxygen atoms in total.